The maximum atomic E-state index is 11.6. The first-order valence-electron chi connectivity index (χ1n) is 10.6. The molecule has 4 heteroatoms. The van der Waals surface area contributed by atoms with E-state index in [1.165, 1.54) is 25.0 Å². The van der Waals surface area contributed by atoms with Gasteiger partial charge in [-0.3, -0.25) is 9.59 Å². The molecule has 4 nitrogen and oxygen atoms in total. The van der Waals surface area contributed by atoms with Crippen LogP contribution < -0.4 is 0 Å². The number of esters is 2. The number of rotatable bonds is 6. The molecule has 0 aromatic heterocycles. The lowest BCUT2D eigenvalue weighted by Crippen LogP contribution is -2.53. The molecule has 0 saturated heterocycles. The van der Waals surface area contributed by atoms with Crippen molar-refractivity contribution in [2.75, 3.05) is 6.61 Å². The molecule has 0 aromatic rings. The number of allylic oxidation sites excluding steroid dienone is 3. The predicted octanol–water partition coefficient (Wildman–Crippen LogP) is 5.62. The SMILES string of the molecule is CC(=O)OC/C=C(\C)CC[C@@H]1C(C)=CC[C@@H]2C(C)(C)C[C@H](OC(C)=O)C[C@@]12C. The molecule has 0 N–H and O–H groups in total. The van der Waals surface area contributed by atoms with Gasteiger partial charge in [0.05, 0.1) is 0 Å². The molecule has 4 atom stereocenters. The lowest BCUT2D eigenvalue weighted by molar-refractivity contribution is -0.161. The van der Waals surface area contributed by atoms with Gasteiger partial charge in [-0.15, -0.1) is 0 Å². The van der Waals surface area contributed by atoms with Gasteiger partial charge in [0.2, 0.25) is 0 Å². The summed E-state index contributed by atoms with van der Waals surface area (Å²) in [5.41, 5.74) is 2.98. The van der Waals surface area contributed by atoms with Gasteiger partial charge in [-0.05, 0) is 74.7 Å². The van der Waals surface area contributed by atoms with Gasteiger partial charge in [-0.25, -0.2) is 0 Å². The molecule has 2 aliphatic carbocycles. The molecule has 0 spiro atoms. The highest BCUT2D eigenvalue weighted by Gasteiger charge is 2.54. The minimum Gasteiger partial charge on any atom is -0.463 e. The summed E-state index contributed by atoms with van der Waals surface area (Å²) in [6.07, 6.45) is 9.49. The summed E-state index contributed by atoms with van der Waals surface area (Å²) in [4.78, 5) is 22.6. The van der Waals surface area contributed by atoms with Crippen molar-refractivity contribution in [3.8, 4) is 0 Å². The molecule has 0 unspecified atom stereocenters. The zero-order chi connectivity index (χ0) is 21.1. The van der Waals surface area contributed by atoms with Crippen LogP contribution in [0.3, 0.4) is 0 Å². The van der Waals surface area contributed by atoms with Crippen LogP contribution in [0, 0.1) is 22.7 Å². The average molecular weight is 391 g/mol. The quantitative estimate of drug-likeness (QED) is 0.436. The van der Waals surface area contributed by atoms with E-state index < -0.39 is 0 Å². The van der Waals surface area contributed by atoms with E-state index in [2.05, 4.69) is 40.7 Å². The molecule has 0 amide bonds. The van der Waals surface area contributed by atoms with Crippen LogP contribution in [0.15, 0.2) is 23.3 Å². The Labute approximate surface area is 170 Å². The first-order valence-corrected chi connectivity index (χ1v) is 10.6. The first-order chi connectivity index (χ1) is 13.0. The highest BCUT2D eigenvalue weighted by Crippen LogP contribution is 2.61. The smallest absolute Gasteiger partial charge is 0.302 e. The minimum absolute atomic E-state index is 0.00255. The van der Waals surface area contributed by atoms with Gasteiger partial charge in [0, 0.05) is 13.8 Å². The fourth-order valence-corrected chi connectivity index (χ4v) is 5.92. The molecule has 2 aliphatic rings. The highest BCUT2D eigenvalue weighted by atomic mass is 16.5. The van der Waals surface area contributed by atoms with E-state index >= 15 is 0 Å². The Morgan fingerprint density at radius 3 is 2.43 bits per heavy atom. The molecular formula is C24H38O4. The molecular weight excluding hydrogens is 352 g/mol. The third-order valence-corrected chi connectivity index (χ3v) is 7.06. The molecule has 0 radical (unpaired) electrons. The van der Waals surface area contributed by atoms with Gasteiger partial charge in [-0.1, -0.05) is 38.0 Å². The third kappa shape index (κ3) is 5.27. The molecule has 1 saturated carbocycles. The van der Waals surface area contributed by atoms with Crippen molar-refractivity contribution in [1.29, 1.82) is 0 Å². The number of hydrogen-bond donors (Lipinski definition) is 0. The van der Waals surface area contributed by atoms with Crippen LogP contribution in [0.5, 0.6) is 0 Å². The summed E-state index contributed by atoms with van der Waals surface area (Å²) in [7, 11) is 0. The van der Waals surface area contributed by atoms with Crippen LogP contribution in [0.1, 0.15) is 80.6 Å². The van der Waals surface area contributed by atoms with E-state index in [9.17, 15) is 9.59 Å². The lowest BCUT2D eigenvalue weighted by Gasteiger charge is -2.58. The van der Waals surface area contributed by atoms with Gasteiger partial charge >= 0.3 is 11.9 Å². The van der Waals surface area contributed by atoms with Gasteiger partial charge in [-0.2, -0.15) is 0 Å². The maximum absolute atomic E-state index is 11.6. The van der Waals surface area contributed by atoms with E-state index in [-0.39, 0.29) is 28.9 Å². The minimum atomic E-state index is -0.244. The Morgan fingerprint density at radius 1 is 1.14 bits per heavy atom. The fourth-order valence-electron chi connectivity index (χ4n) is 5.92. The normalized spacial score (nSPS) is 32.2. The second kappa shape index (κ2) is 8.84. The molecule has 0 heterocycles. The third-order valence-electron chi connectivity index (χ3n) is 7.06. The Bertz CT molecular complexity index is 658. The molecule has 0 aliphatic heterocycles. The fraction of sp³-hybridized carbons (Fsp3) is 0.750. The van der Waals surface area contributed by atoms with E-state index in [1.807, 2.05) is 6.08 Å². The van der Waals surface area contributed by atoms with E-state index in [0.717, 1.165) is 32.1 Å². The van der Waals surface area contributed by atoms with Crippen molar-refractivity contribution in [3.05, 3.63) is 23.3 Å². The standard InChI is InChI=1S/C24H38O4/c1-16(12-13-27-18(3)25)8-10-21-17(2)9-11-22-23(5,6)14-20(28-19(4)26)15-24(21,22)7/h9,12,20-22H,8,10-11,13-15H2,1-7H3/b16-12+/t20-,21+,22+,24-/m0/s1. The number of hydrogen-bond acceptors (Lipinski definition) is 4. The number of fused-ring (bicyclic) bond motifs is 1. The summed E-state index contributed by atoms with van der Waals surface area (Å²) in [5.74, 6) is 0.643. The van der Waals surface area contributed by atoms with Crippen molar-refractivity contribution in [2.45, 2.75) is 86.7 Å². The summed E-state index contributed by atoms with van der Waals surface area (Å²) in [6, 6.07) is 0. The van der Waals surface area contributed by atoms with Gasteiger partial charge in [0.25, 0.3) is 0 Å². The molecule has 2 rings (SSSR count). The first kappa shape index (κ1) is 22.7. The van der Waals surface area contributed by atoms with E-state index in [0.29, 0.717) is 18.4 Å². The van der Waals surface area contributed by atoms with Crippen LogP contribution >= 0.6 is 0 Å². The maximum Gasteiger partial charge on any atom is 0.302 e. The number of carbonyl (C=O) groups excluding carboxylic acids is 2. The van der Waals surface area contributed by atoms with Crippen molar-refractivity contribution < 1.29 is 19.1 Å². The Balaban J connectivity index is 2.18. The van der Waals surface area contributed by atoms with Gasteiger partial charge < -0.3 is 9.47 Å². The average Bonchev–Trinajstić information content (AvgIpc) is 2.51. The zero-order valence-corrected chi connectivity index (χ0v) is 18.8. The number of ether oxygens (including phenoxy) is 2. The Hall–Kier alpha value is -1.58. The van der Waals surface area contributed by atoms with Crippen LogP contribution in [0.4, 0.5) is 0 Å². The second-order valence-electron chi connectivity index (χ2n) is 9.81. The Kier molecular flexibility index (Phi) is 7.17. The Morgan fingerprint density at radius 2 is 1.82 bits per heavy atom. The lowest BCUT2D eigenvalue weighted by atomic mass is 9.47. The molecule has 0 aromatic carbocycles. The summed E-state index contributed by atoms with van der Waals surface area (Å²) < 4.78 is 10.7. The van der Waals surface area contributed by atoms with Crippen LogP contribution in [-0.4, -0.2) is 24.6 Å². The van der Waals surface area contributed by atoms with Crippen LogP contribution in [0.25, 0.3) is 0 Å². The van der Waals surface area contributed by atoms with Gasteiger partial charge in [0.1, 0.15) is 12.7 Å². The van der Waals surface area contributed by atoms with Crippen LogP contribution in [-0.2, 0) is 19.1 Å². The van der Waals surface area contributed by atoms with Crippen molar-refractivity contribution >= 4 is 11.9 Å². The largest absolute Gasteiger partial charge is 0.463 e. The van der Waals surface area contributed by atoms with Crippen molar-refractivity contribution in [3.63, 3.8) is 0 Å². The predicted molar refractivity (Wildman–Crippen MR) is 112 cm³/mol. The van der Waals surface area contributed by atoms with Crippen molar-refractivity contribution in [1.82, 2.24) is 0 Å². The molecule has 28 heavy (non-hydrogen) atoms. The van der Waals surface area contributed by atoms with Gasteiger partial charge in [0.15, 0.2) is 0 Å². The topological polar surface area (TPSA) is 52.6 Å². The summed E-state index contributed by atoms with van der Waals surface area (Å²) >= 11 is 0. The van der Waals surface area contributed by atoms with Crippen LogP contribution in [0.2, 0.25) is 0 Å². The van der Waals surface area contributed by atoms with E-state index in [4.69, 9.17) is 9.47 Å². The van der Waals surface area contributed by atoms with Crippen molar-refractivity contribution in [2.24, 2.45) is 22.7 Å². The second-order valence-corrected chi connectivity index (χ2v) is 9.81. The van der Waals surface area contributed by atoms with E-state index in [1.54, 1.807) is 0 Å². The molecule has 0 bridgehead atoms. The monoisotopic (exact) mass is 390 g/mol. The molecule has 1 fully saturated rings. The highest BCUT2D eigenvalue weighted by molar-refractivity contribution is 5.66. The molecule has 158 valence electrons. The number of carbonyl (C=O) groups is 2. The summed E-state index contributed by atoms with van der Waals surface area (Å²) in [5, 5.41) is 0. The zero-order valence-electron chi connectivity index (χ0n) is 18.8. The summed E-state index contributed by atoms with van der Waals surface area (Å²) in [6.45, 7) is 14.7.